The minimum atomic E-state index is -0.319. The molecule has 2 rings (SSSR count). The van der Waals surface area contributed by atoms with Crippen molar-refractivity contribution >= 4 is 11.6 Å². The predicted octanol–water partition coefficient (Wildman–Crippen LogP) is 0.921. The van der Waals surface area contributed by atoms with Crippen LogP contribution >= 0.6 is 0 Å². The summed E-state index contributed by atoms with van der Waals surface area (Å²) in [7, 11) is 1.59. The summed E-state index contributed by atoms with van der Waals surface area (Å²) < 4.78 is 4.99. The Labute approximate surface area is 107 Å². The number of methoxy groups -OCH3 is 1. The van der Waals surface area contributed by atoms with Gasteiger partial charge in [0.2, 0.25) is 0 Å². The van der Waals surface area contributed by atoms with Gasteiger partial charge in [-0.2, -0.15) is 0 Å². The van der Waals surface area contributed by atoms with E-state index in [0.29, 0.717) is 24.1 Å². The molecule has 100 valence electrons. The average molecular weight is 252 g/mol. The Balaban J connectivity index is 2.07. The number of ether oxygens (including phenoxy) is 1. The highest BCUT2D eigenvalue weighted by molar-refractivity contribution is 5.45. The van der Waals surface area contributed by atoms with Crippen molar-refractivity contribution in [2.75, 3.05) is 18.2 Å². The fourth-order valence-electron chi connectivity index (χ4n) is 2.25. The van der Waals surface area contributed by atoms with E-state index < -0.39 is 0 Å². The fourth-order valence-corrected chi connectivity index (χ4v) is 2.25. The molecular formula is C12H20N4O2. The standard InChI is InChI=1S/C12H20N4O2/c1-18-7-12-15-10(13)6-11(16-12)14-8-4-2-3-5-9(8)17/h6,8-9,17H,2-5,7H2,1H3,(H3,13,14,15,16). The lowest BCUT2D eigenvalue weighted by Gasteiger charge is -2.28. The van der Waals surface area contributed by atoms with Gasteiger partial charge in [-0.1, -0.05) is 12.8 Å². The molecule has 4 N–H and O–H groups in total. The summed E-state index contributed by atoms with van der Waals surface area (Å²) in [6.45, 7) is 0.326. The number of nitrogens with two attached hydrogens (primary N) is 1. The van der Waals surface area contributed by atoms with Crippen LogP contribution in [0, 0.1) is 0 Å². The molecule has 0 bridgehead atoms. The number of nitrogens with zero attached hydrogens (tertiary/aromatic N) is 2. The van der Waals surface area contributed by atoms with E-state index in [0.717, 1.165) is 25.7 Å². The van der Waals surface area contributed by atoms with E-state index in [-0.39, 0.29) is 12.1 Å². The van der Waals surface area contributed by atoms with Gasteiger partial charge in [-0.05, 0) is 12.8 Å². The Bertz CT molecular complexity index is 400. The zero-order valence-electron chi connectivity index (χ0n) is 10.6. The van der Waals surface area contributed by atoms with Gasteiger partial charge in [-0.3, -0.25) is 0 Å². The van der Waals surface area contributed by atoms with E-state index in [1.165, 1.54) is 0 Å². The topological polar surface area (TPSA) is 93.3 Å². The molecule has 1 heterocycles. The van der Waals surface area contributed by atoms with E-state index in [9.17, 15) is 5.11 Å². The van der Waals surface area contributed by atoms with Crippen LogP contribution in [-0.2, 0) is 11.3 Å². The molecule has 6 nitrogen and oxygen atoms in total. The summed E-state index contributed by atoms with van der Waals surface area (Å²) in [6, 6.07) is 1.73. The van der Waals surface area contributed by atoms with E-state index in [2.05, 4.69) is 15.3 Å². The molecule has 0 aliphatic heterocycles. The molecule has 1 aliphatic rings. The third-order valence-electron chi connectivity index (χ3n) is 3.13. The summed E-state index contributed by atoms with van der Waals surface area (Å²) in [5, 5.41) is 13.1. The van der Waals surface area contributed by atoms with Gasteiger partial charge in [0.05, 0.1) is 12.1 Å². The van der Waals surface area contributed by atoms with Gasteiger partial charge in [0, 0.05) is 13.2 Å². The van der Waals surface area contributed by atoms with Crippen molar-refractivity contribution < 1.29 is 9.84 Å². The first-order valence-corrected chi connectivity index (χ1v) is 6.26. The molecule has 1 saturated carbocycles. The first-order valence-electron chi connectivity index (χ1n) is 6.26. The molecule has 2 unspecified atom stereocenters. The molecule has 1 aromatic heterocycles. The van der Waals surface area contributed by atoms with Gasteiger partial charge in [-0.15, -0.1) is 0 Å². The minimum Gasteiger partial charge on any atom is -0.391 e. The molecule has 0 aromatic carbocycles. The third-order valence-corrected chi connectivity index (χ3v) is 3.13. The Kier molecular flexibility index (Phi) is 4.33. The summed E-state index contributed by atoms with van der Waals surface area (Å²) in [6.07, 6.45) is 3.68. The number of rotatable bonds is 4. The summed E-state index contributed by atoms with van der Waals surface area (Å²) in [5.74, 6) is 1.61. The van der Waals surface area contributed by atoms with Crippen LogP contribution in [0.3, 0.4) is 0 Å². The Morgan fingerprint density at radius 2 is 2.22 bits per heavy atom. The van der Waals surface area contributed by atoms with E-state index >= 15 is 0 Å². The van der Waals surface area contributed by atoms with Crippen LogP contribution in [0.4, 0.5) is 11.6 Å². The lowest BCUT2D eigenvalue weighted by molar-refractivity contribution is 0.116. The minimum absolute atomic E-state index is 0.0449. The highest BCUT2D eigenvalue weighted by Gasteiger charge is 2.23. The molecule has 6 heteroatoms. The summed E-state index contributed by atoms with van der Waals surface area (Å²) in [4.78, 5) is 8.39. The number of aliphatic hydroxyl groups is 1. The Morgan fingerprint density at radius 3 is 2.94 bits per heavy atom. The number of nitrogens with one attached hydrogen (secondary N) is 1. The summed E-state index contributed by atoms with van der Waals surface area (Å²) in [5.41, 5.74) is 5.72. The number of hydrogen-bond acceptors (Lipinski definition) is 6. The normalized spacial score (nSPS) is 23.9. The van der Waals surface area contributed by atoms with Gasteiger partial charge in [0.15, 0.2) is 5.82 Å². The predicted molar refractivity (Wildman–Crippen MR) is 69.0 cm³/mol. The van der Waals surface area contributed by atoms with Crippen molar-refractivity contribution in [3.63, 3.8) is 0 Å². The van der Waals surface area contributed by atoms with Crippen LogP contribution in [0.25, 0.3) is 0 Å². The number of hydrogen-bond donors (Lipinski definition) is 3. The quantitative estimate of drug-likeness (QED) is 0.738. The largest absolute Gasteiger partial charge is 0.391 e. The van der Waals surface area contributed by atoms with E-state index in [4.69, 9.17) is 10.5 Å². The van der Waals surface area contributed by atoms with Crippen LogP contribution in [0.5, 0.6) is 0 Å². The van der Waals surface area contributed by atoms with Gasteiger partial charge in [0.1, 0.15) is 18.2 Å². The second-order valence-corrected chi connectivity index (χ2v) is 4.63. The van der Waals surface area contributed by atoms with Crippen molar-refractivity contribution in [1.82, 2.24) is 9.97 Å². The monoisotopic (exact) mass is 252 g/mol. The highest BCUT2D eigenvalue weighted by Crippen LogP contribution is 2.22. The number of aromatic nitrogens is 2. The first kappa shape index (κ1) is 13.0. The zero-order chi connectivity index (χ0) is 13.0. The summed E-state index contributed by atoms with van der Waals surface area (Å²) >= 11 is 0. The molecule has 2 atom stereocenters. The van der Waals surface area contributed by atoms with Crippen molar-refractivity contribution in [2.24, 2.45) is 0 Å². The molecular weight excluding hydrogens is 232 g/mol. The lowest BCUT2D eigenvalue weighted by Crippen LogP contribution is -2.36. The van der Waals surface area contributed by atoms with Crippen molar-refractivity contribution in [2.45, 2.75) is 44.4 Å². The lowest BCUT2D eigenvalue weighted by atomic mass is 9.92. The van der Waals surface area contributed by atoms with Crippen LogP contribution in [0.2, 0.25) is 0 Å². The molecule has 0 amide bonds. The molecule has 0 spiro atoms. The molecule has 1 aromatic rings. The van der Waals surface area contributed by atoms with Gasteiger partial charge in [-0.25, -0.2) is 9.97 Å². The SMILES string of the molecule is COCc1nc(N)cc(NC2CCCCC2O)n1. The maximum absolute atomic E-state index is 9.91. The fraction of sp³-hybridized carbons (Fsp3) is 0.667. The molecule has 1 fully saturated rings. The highest BCUT2D eigenvalue weighted by atomic mass is 16.5. The number of anilines is 2. The van der Waals surface area contributed by atoms with Gasteiger partial charge in [0.25, 0.3) is 0 Å². The van der Waals surface area contributed by atoms with E-state index in [1.54, 1.807) is 13.2 Å². The van der Waals surface area contributed by atoms with Crippen LogP contribution in [0.1, 0.15) is 31.5 Å². The molecule has 0 saturated heterocycles. The second-order valence-electron chi connectivity index (χ2n) is 4.63. The van der Waals surface area contributed by atoms with Gasteiger partial charge >= 0.3 is 0 Å². The van der Waals surface area contributed by atoms with Crippen molar-refractivity contribution in [1.29, 1.82) is 0 Å². The molecule has 0 radical (unpaired) electrons. The number of aliphatic hydroxyl groups excluding tert-OH is 1. The smallest absolute Gasteiger partial charge is 0.158 e. The van der Waals surface area contributed by atoms with Crippen LogP contribution in [0.15, 0.2) is 6.07 Å². The van der Waals surface area contributed by atoms with Crippen molar-refractivity contribution in [3.05, 3.63) is 11.9 Å². The third kappa shape index (κ3) is 3.30. The van der Waals surface area contributed by atoms with Crippen LogP contribution in [-0.4, -0.2) is 34.3 Å². The first-order chi connectivity index (χ1) is 8.69. The maximum atomic E-state index is 9.91. The number of nitrogen functional groups attached to an aromatic ring is 1. The second kappa shape index (κ2) is 5.97. The molecule has 1 aliphatic carbocycles. The zero-order valence-corrected chi connectivity index (χ0v) is 10.6. The molecule has 18 heavy (non-hydrogen) atoms. The van der Waals surface area contributed by atoms with Gasteiger partial charge < -0.3 is 20.9 Å². The van der Waals surface area contributed by atoms with E-state index in [1.807, 2.05) is 0 Å². The Morgan fingerprint density at radius 1 is 1.44 bits per heavy atom. The van der Waals surface area contributed by atoms with Crippen molar-refractivity contribution in [3.8, 4) is 0 Å². The maximum Gasteiger partial charge on any atom is 0.158 e. The average Bonchev–Trinajstić information content (AvgIpc) is 2.32. The van der Waals surface area contributed by atoms with Crippen LogP contribution < -0.4 is 11.1 Å². The Hall–Kier alpha value is -1.40.